The van der Waals surface area contributed by atoms with Gasteiger partial charge in [0.2, 0.25) is 15.5 Å². The minimum atomic E-state index is -3.80. The Hall–Kier alpha value is -2.74. The molecule has 0 aliphatic carbocycles. The minimum absolute atomic E-state index is 0.00355. The molecular weight excluding hydrogens is 394 g/mol. The summed E-state index contributed by atoms with van der Waals surface area (Å²) < 4.78 is 29.3. The molecule has 4 rings (SSSR count). The molecule has 0 bridgehead atoms. The highest BCUT2D eigenvalue weighted by Crippen LogP contribution is 2.38. The molecule has 7 heteroatoms. The van der Waals surface area contributed by atoms with E-state index in [9.17, 15) is 13.2 Å². The molecule has 0 saturated carbocycles. The van der Waals surface area contributed by atoms with Crippen molar-refractivity contribution in [3.8, 4) is 22.5 Å². The zero-order chi connectivity index (χ0) is 20.1. The van der Waals surface area contributed by atoms with Crippen molar-refractivity contribution in [1.82, 2.24) is 0 Å². The third-order valence-electron chi connectivity index (χ3n) is 4.65. The van der Waals surface area contributed by atoms with E-state index in [1.807, 2.05) is 19.2 Å². The third-order valence-corrected chi connectivity index (χ3v) is 6.61. The Kier molecular flexibility index (Phi) is 4.45. The molecular formula is C21H17NO4S2. The fraction of sp³-hybridized carbons (Fsp3) is 0.0952. The Bertz CT molecular complexity index is 1340. The Morgan fingerprint density at radius 2 is 1.64 bits per heavy atom. The van der Waals surface area contributed by atoms with Gasteiger partial charge in [0.25, 0.3) is 0 Å². The largest absolute Gasteiger partial charge is 0.455 e. The molecule has 0 fully saturated rings. The lowest BCUT2D eigenvalue weighted by Gasteiger charge is -2.12. The number of primary sulfonamides is 1. The molecule has 4 aromatic rings. The lowest BCUT2D eigenvalue weighted by molar-refractivity contribution is 0.597. The Morgan fingerprint density at radius 1 is 0.964 bits per heavy atom. The first-order valence-corrected chi connectivity index (χ1v) is 10.9. The molecule has 0 amide bonds. The number of hydrogen-bond donors (Lipinski definition) is 1. The van der Waals surface area contributed by atoms with Crippen LogP contribution in [0.3, 0.4) is 0 Å². The molecule has 5 nitrogen and oxygen atoms in total. The predicted octanol–water partition coefficient (Wildman–Crippen LogP) is 4.45. The van der Waals surface area contributed by atoms with Crippen molar-refractivity contribution in [2.75, 3.05) is 0 Å². The van der Waals surface area contributed by atoms with Crippen LogP contribution in [0.25, 0.3) is 33.4 Å². The highest BCUT2D eigenvalue weighted by molar-refractivity contribution is 7.89. The third kappa shape index (κ3) is 3.07. The van der Waals surface area contributed by atoms with E-state index >= 15 is 0 Å². The van der Waals surface area contributed by atoms with Crippen molar-refractivity contribution >= 4 is 32.3 Å². The second-order valence-electron chi connectivity index (χ2n) is 6.55. The fourth-order valence-electron chi connectivity index (χ4n) is 3.31. The zero-order valence-corrected chi connectivity index (χ0v) is 16.9. The van der Waals surface area contributed by atoms with Crippen molar-refractivity contribution in [1.29, 1.82) is 0 Å². The molecule has 2 aromatic carbocycles. The van der Waals surface area contributed by atoms with Gasteiger partial charge >= 0.3 is 0 Å². The molecule has 2 aromatic heterocycles. The second kappa shape index (κ2) is 6.70. The molecule has 142 valence electrons. The number of para-hydroxylation sites is 1. The summed E-state index contributed by atoms with van der Waals surface area (Å²) in [5.41, 5.74) is 3.31. The van der Waals surface area contributed by atoms with Gasteiger partial charge < -0.3 is 4.42 Å². The number of rotatable bonds is 3. The highest BCUT2D eigenvalue weighted by atomic mass is 32.2. The predicted molar refractivity (Wildman–Crippen MR) is 112 cm³/mol. The van der Waals surface area contributed by atoms with Gasteiger partial charge in [0.15, 0.2) is 0 Å². The van der Waals surface area contributed by atoms with E-state index in [0.29, 0.717) is 27.9 Å². The average molecular weight is 412 g/mol. The van der Waals surface area contributed by atoms with Crippen molar-refractivity contribution in [2.24, 2.45) is 5.14 Å². The maximum absolute atomic E-state index is 13.4. The standard InChI is InChI=1S/C21H17NO4S2/c1-12-11-27-13(2)18(12)19-20(23)16-5-3-4-6-17(16)26-21(19)14-7-9-15(10-8-14)28(22,24)25/h3-11H,1-2H3,(H2,22,24,25). The van der Waals surface area contributed by atoms with Gasteiger partial charge in [0.05, 0.1) is 15.8 Å². The van der Waals surface area contributed by atoms with Gasteiger partial charge in [-0.1, -0.05) is 12.1 Å². The maximum Gasteiger partial charge on any atom is 0.238 e. The topological polar surface area (TPSA) is 90.4 Å². The molecule has 0 unspecified atom stereocenters. The van der Waals surface area contributed by atoms with E-state index in [1.165, 1.54) is 12.1 Å². The van der Waals surface area contributed by atoms with Gasteiger partial charge in [-0.2, -0.15) is 0 Å². The van der Waals surface area contributed by atoms with E-state index in [2.05, 4.69) is 0 Å². The van der Waals surface area contributed by atoms with Crippen LogP contribution < -0.4 is 10.6 Å². The zero-order valence-electron chi connectivity index (χ0n) is 15.2. The number of benzene rings is 2. The van der Waals surface area contributed by atoms with Gasteiger partial charge in [-0.25, -0.2) is 13.6 Å². The quantitative estimate of drug-likeness (QED) is 0.539. The summed E-state index contributed by atoms with van der Waals surface area (Å²) >= 11 is 1.57. The molecule has 0 saturated heterocycles. The summed E-state index contributed by atoms with van der Waals surface area (Å²) in [4.78, 5) is 14.4. The number of nitrogens with two attached hydrogens (primary N) is 1. The lowest BCUT2D eigenvalue weighted by Crippen LogP contribution is -2.12. The van der Waals surface area contributed by atoms with Crippen LogP contribution in [-0.2, 0) is 10.0 Å². The first-order chi connectivity index (χ1) is 13.3. The van der Waals surface area contributed by atoms with E-state index < -0.39 is 10.0 Å². The van der Waals surface area contributed by atoms with Crippen molar-refractivity contribution in [2.45, 2.75) is 18.7 Å². The van der Waals surface area contributed by atoms with Crippen LogP contribution in [0.4, 0.5) is 0 Å². The molecule has 2 N–H and O–H groups in total. The van der Waals surface area contributed by atoms with Gasteiger partial charge in [0, 0.05) is 16.0 Å². The molecule has 0 aliphatic rings. The van der Waals surface area contributed by atoms with Crippen molar-refractivity contribution in [3.63, 3.8) is 0 Å². The number of hydrogen-bond acceptors (Lipinski definition) is 5. The summed E-state index contributed by atoms with van der Waals surface area (Å²) in [5, 5.41) is 7.70. The molecule has 0 radical (unpaired) electrons. The second-order valence-corrected chi connectivity index (χ2v) is 9.20. The Morgan fingerprint density at radius 3 is 2.25 bits per heavy atom. The number of fused-ring (bicyclic) bond motifs is 1. The van der Waals surface area contributed by atoms with Crippen LogP contribution in [0.15, 0.2) is 68.0 Å². The van der Waals surface area contributed by atoms with E-state index in [0.717, 1.165) is 16.0 Å². The van der Waals surface area contributed by atoms with Gasteiger partial charge in [-0.3, -0.25) is 4.79 Å². The first kappa shape index (κ1) is 18.6. The molecule has 0 spiro atoms. The fourth-order valence-corrected chi connectivity index (χ4v) is 4.68. The van der Waals surface area contributed by atoms with E-state index in [-0.39, 0.29) is 10.3 Å². The van der Waals surface area contributed by atoms with Crippen LogP contribution in [0, 0.1) is 13.8 Å². The van der Waals surface area contributed by atoms with E-state index in [1.54, 1.807) is 47.7 Å². The Labute approximate surface area is 166 Å². The number of aryl methyl sites for hydroxylation is 2. The van der Waals surface area contributed by atoms with Crippen LogP contribution >= 0.6 is 11.3 Å². The smallest absolute Gasteiger partial charge is 0.238 e. The number of thiophene rings is 1. The highest BCUT2D eigenvalue weighted by Gasteiger charge is 2.22. The van der Waals surface area contributed by atoms with Gasteiger partial charge in [-0.05, 0) is 61.2 Å². The average Bonchev–Trinajstić information content (AvgIpc) is 2.99. The van der Waals surface area contributed by atoms with Crippen molar-refractivity contribution < 1.29 is 12.8 Å². The van der Waals surface area contributed by atoms with Gasteiger partial charge in [-0.15, -0.1) is 11.3 Å². The SMILES string of the molecule is Cc1csc(C)c1-c1c(-c2ccc(S(N)(=O)=O)cc2)oc2ccccc2c1=O. The lowest BCUT2D eigenvalue weighted by atomic mass is 9.96. The summed E-state index contributed by atoms with van der Waals surface area (Å²) in [6, 6.07) is 13.1. The minimum Gasteiger partial charge on any atom is -0.455 e. The summed E-state index contributed by atoms with van der Waals surface area (Å²) in [6.07, 6.45) is 0. The normalized spacial score (nSPS) is 11.8. The molecule has 0 atom stereocenters. The van der Waals surface area contributed by atoms with Gasteiger partial charge in [0.1, 0.15) is 11.3 Å². The van der Waals surface area contributed by atoms with Crippen molar-refractivity contribution in [3.05, 3.63) is 74.6 Å². The van der Waals surface area contributed by atoms with Crippen LogP contribution in [-0.4, -0.2) is 8.42 Å². The van der Waals surface area contributed by atoms with Crippen LogP contribution in [0.2, 0.25) is 0 Å². The monoisotopic (exact) mass is 411 g/mol. The van der Waals surface area contributed by atoms with E-state index in [4.69, 9.17) is 9.56 Å². The Balaban J connectivity index is 2.08. The molecule has 28 heavy (non-hydrogen) atoms. The first-order valence-electron chi connectivity index (χ1n) is 8.51. The molecule has 0 aliphatic heterocycles. The summed E-state index contributed by atoms with van der Waals surface area (Å²) in [7, 11) is -3.80. The maximum atomic E-state index is 13.4. The van der Waals surface area contributed by atoms with Crippen LogP contribution in [0.1, 0.15) is 10.4 Å². The number of sulfonamides is 1. The summed E-state index contributed by atoms with van der Waals surface area (Å²) in [6.45, 7) is 3.93. The summed E-state index contributed by atoms with van der Waals surface area (Å²) in [5.74, 6) is 0.411. The van der Waals surface area contributed by atoms with Crippen LogP contribution in [0.5, 0.6) is 0 Å². The molecule has 2 heterocycles.